The molecule has 0 aromatic heterocycles. The number of rotatable bonds is 1. The Morgan fingerprint density at radius 2 is 1.86 bits per heavy atom. The second-order valence-corrected chi connectivity index (χ2v) is 9.52. The molecule has 4 heterocycles. The third-order valence-electron chi connectivity index (χ3n) is 7.77. The first kappa shape index (κ1) is 18.2. The van der Waals surface area contributed by atoms with Gasteiger partial charge in [0.05, 0.1) is 5.57 Å². The topological polar surface area (TPSA) is 66.9 Å². The third-order valence-corrected chi connectivity index (χ3v) is 7.77. The van der Waals surface area contributed by atoms with Gasteiger partial charge >= 0.3 is 5.97 Å². The molecule has 2 amide bonds. The molecule has 1 aliphatic carbocycles. The number of esters is 1. The van der Waals surface area contributed by atoms with Crippen LogP contribution in [-0.4, -0.2) is 58.9 Å². The zero-order valence-corrected chi connectivity index (χ0v) is 16.7. The SMILES string of the molecule is CC1=C(C(=O)N2C[C@H]3C[C@H](C2)[C@H]2CCCC(=O)N2C3)C2(CCCCC2)OC1=O. The number of hydrogen-bond donors (Lipinski definition) is 0. The van der Waals surface area contributed by atoms with Gasteiger partial charge in [-0.2, -0.15) is 0 Å². The number of piperidine rings is 3. The largest absolute Gasteiger partial charge is 0.451 e. The lowest BCUT2D eigenvalue weighted by atomic mass is 9.74. The lowest BCUT2D eigenvalue weighted by Crippen LogP contribution is -2.61. The Hall–Kier alpha value is -1.85. The monoisotopic (exact) mass is 386 g/mol. The molecule has 4 fully saturated rings. The average Bonchev–Trinajstić information content (AvgIpc) is 2.92. The Kier molecular flexibility index (Phi) is 4.29. The van der Waals surface area contributed by atoms with E-state index in [2.05, 4.69) is 4.90 Å². The van der Waals surface area contributed by atoms with Gasteiger partial charge in [0.2, 0.25) is 5.91 Å². The molecule has 5 rings (SSSR count). The number of carbonyl (C=O) groups is 3. The molecule has 0 unspecified atom stereocenters. The Morgan fingerprint density at radius 3 is 2.64 bits per heavy atom. The first-order valence-corrected chi connectivity index (χ1v) is 11.0. The molecule has 152 valence electrons. The van der Waals surface area contributed by atoms with Gasteiger partial charge in [0, 0.05) is 37.7 Å². The van der Waals surface area contributed by atoms with Crippen LogP contribution >= 0.6 is 0 Å². The number of hydrogen-bond acceptors (Lipinski definition) is 4. The van der Waals surface area contributed by atoms with Crippen LogP contribution in [-0.2, 0) is 19.1 Å². The van der Waals surface area contributed by atoms with Crippen molar-refractivity contribution in [2.75, 3.05) is 19.6 Å². The van der Waals surface area contributed by atoms with Gasteiger partial charge in [0.15, 0.2) is 0 Å². The lowest BCUT2D eigenvalue weighted by Gasteiger charge is -2.52. The van der Waals surface area contributed by atoms with Gasteiger partial charge in [-0.1, -0.05) is 6.42 Å². The van der Waals surface area contributed by atoms with Crippen molar-refractivity contribution in [1.29, 1.82) is 0 Å². The summed E-state index contributed by atoms with van der Waals surface area (Å²) >= 11 is 0. The van der Waals surface area contributed by atoms with Gasteiger partial charge in [-0.15, -0.1) is 0 Å². The molecule has 0 aromatic rings. The quantitative estimate of drug-likeness (QED) is 0.649. The fourth-order valence-electron chi connectivity index (χ4n) is 6.51. The molecule has 0 N–H and O–H groups in total. The summed E-state index contributed by atoms with van der Waals surface area (Å²) in [5.41, 5.74) is 0.460. The summed E-state index contributed by atoms with van der Waals surface area (Å²) in [7, 11) is 0. The van der Waals surface area contributed by atoms with Crippen LogP contribution in [0.3, 0.4) is 0 Å². The molecule has 0 aromatic carbocycles. The molecule has 6 heteroatoms. The standard InChI is InChI=1S/C22H30N2O4/c1-14-19(22(28-21(14)27)8-3-2-4-9-22)20(26)23-11-15-10-16(13-23)17-6-5-7-18(25)24(17)12-15/h15-17H,2-13H2,1H3/t15-,16-,17-/m1/s1. The molecule has 5 aliphatic rings. The molecule has 6 nitrogen and oxygen atoms in total. The van der Waals surface area contributed by atoms with E-state index in [0.717, 1.165) is 57.9 Å². The predicted molar refractivity (Wildman–Crippen MR) is 102 cm³/mol. The molecule has 3 atom stereocenters. The van der Waals surface area contributed by atoms with Crippen molar-refractivity contribution in [2.45, 2.75) is 76.4 Å². The number of fused-ring (bicyclic) bond motifs is 4. The Bertz CT molecular complexity index is 752. The summed E-state index contributed by atoms with van der Waals surface area (Å²) in [5.74, 6) is 0.700. The smallest absolute Gasteiger partial charge is 0.335 e. The molecule has 3 saturated heterocycles. The maximum absolute atomic E-state index is 13.6. The van der Waals surface area contributed by atoms with Crippen molar-refractivity contribution in [2.24, 2.45) is 11.8 Å². The van der Waals surface area contributed by atoms with Crippen molar-refractivity contribution >= 4 is 17.8 Å². The summed E-state index contributed by atoms with van der Waals surface area (Å²) in [6, 6.07) is 0.285. The van der Waals surface area contributed by atoms with Crippen molar-refractivity contribution in [1.82, 2.24) is 9.80 Å². The van der Waals surface area contributed by atoms with Crippen LogP contribution in [0.2, 0.25) is 0 Å². The van der Waals surface area contributed by atoms with Crippen LogP contribution in [0.4, 0.5) is 0 Å². The molecule has 2 bridgehead atoms. The fraction of sp³-hybridized carbons (Fsp3) is 0.773. The zero-order chi connectivity index (χ0) is 19.5. The van der Waals surface area contributed by atoms with E-state index in [1.807, 2.05) is 4.90 Å². The van der Waals surface area contributed by atoms with Crippen LogP contribution in [0, 0.1) is 11.8 Å². The normalized spacial score (nSPS) is 34.5. The fourth-order valence-corrected chi connectivity index (χ4v) is 6.51. The van der Waals surface area contributed by atoms with E-state index in [4.69, 9.17) is 4.74 Å². The molecule has 28 heavy (non-hydrogen) atoms. The minimum Gasteiger partial charge on any atom is -0.451 e. The van der Waals surface area contributed by atoms with Crippen molar-refractivity contribution in [3.05, 3.63) is 11.1 Å². The van der Waals surface area contributed by atoms with Crippen LogP contribution < -0.4 is 0 Å². The Morgan fingerprint density at radius 1 is 1.07 bits per heavy atom. The van der Waals surface area contributed by atoms with Gasteiger partial charge in [-0.3, -0.25) is 9.59 Å². The number of amides is 2. The summed E-state index contributed by atoms with van der Waals surface area (Å²) in [5, 5.41) is 0. The van der Waals surface area contributed by atoms with Gasteiger partial charge in [-0.05, 0) is 63.7 Å². The minimum absolute atomic E-state index is 0.00976. The van der Waals surface area contributed by atoms with E-state index in [0.29, 0.717) is 48.4 Å². The predicted octanol–water partition coefficient (Wildman–Crippen LogP) is 2.42. The number of nitrogens with zero attached hydrogens (tertiary/aromatic N) is 2. The number of carbonyl (C=O) groups excluding carboxylic acids is 3. The average molecular weight is 386 g/mol. The summed E-state index contributed by atoms with van der Waals surface area (Å²) in [6.45, 7) is 3.92. The van der Waals surface area contributed by atoms with Gasteiger partial charge < -0.3 is 14.5 Å². The highest BCUT2D eigenvalue weighted by Gasteiger charge is 2.52. The van der Waals surface area contributed by atoms with Gasteiger partial charge in [-0.25, -0.2) is 4.79 Å². The second-order valence-electron chi connectivity index (χ2n) is 9.52. The minimum atomic E-state index is -0.685. The second kappa shape index (κ2) is 6.60. The first-order chi connectivity index (χ1) is 13.5. The number of likely N-dealkylation sites (tertiary alicyclic amines) is 1. The van der Waals surface area contributed by atoms with E-state index in [1.165, 1.54) is 0 Å². The van der Waals surface area contributed by atoms with Crippen LogP contribution in [0.1, 0.15) is 64.7 Å². The highest BCUT2D eigenvalue weighted by atomic mass is 16.6. The highest BCUT2D eigenvalue weighted by Crippen LogP contribution is 2.45. The van der Waals surface area contributed by atoms with Crippen LogP contribution in [0.15, 0.2) is 11.1 Å². The Balaban J connectivity index is 1.40. The van der Waals surface area contributed by atoms with E-state index < -0.39 is 5.60 Å². The van der Waals surface area contributed by atoms with E-state index in [9.17, 15) is 14.4 Å². The first-order valence-electron chi connectivity index (χ1n) is 11.0. The van der Waals surface area contributed by atoms with Gasteiger partial charge in [0.1, 0.15) is 5.60 Å². The number of ether oxygens (including phenoxy) is 1. The summed E-state index contributed by atoms with van der Waals surface area (Å²) < 4.78 is 5.81. The van der Waals surface area contributed by atoms with Crippen LogP contribution in [0.5, 0.6) is 0 Å². The summed E-state index contributed by atoms with van der Waals surface area (Å²) in [4.78, 5) is 42.4. The van der Waals surface area contributed by atoms with Crippen molar-refractivity contribution in [3.8, 4) is 0 Å². The van der Waals surface area contributed by atoms with Crippen molar-refractivity contribution in [3.63, 3.8) is 0 Å². The molecule has 4 aliphatic heterocycles. The molecular formula is C22H30N2O4. The lowest BCUT2D eigenvalue weighted by molar-refractivity contribution is -0.151. The van der Waals surface area contributed by atoms with Crippen molar-refractivity contribution < 1.29 is 19.1 Å². The third kappa shape index (κ3) is 2.71. The maximum atomic E-state index is 13.6. The summed E-state index contributed by atoms with van der Waals surface area (Å²) in [6.07, 6.45) is 8.47. The highest BCUT2D eigenvalue weighted by molar-refractivity contribution is 6.07. The molecule has 1 saturated carbocycles. The van der Waals surface area contributed by atoms with E-state index >= 15 is 0 Å². The molecule has 0 radical (unpaired) electrons. The molecular weight excluding hydrogens is 356 g/mol. The Labute approximate surface area is 166 Å². The van der Waals surface area contributed by atoms with Gasteiger partial charge in [0.25, 0.3) is 5.91 Å². The molecule has 1 spiro atoms. The van der Waals surface area contributed by atoms with Crippen LogP contribution in [0.25, 0.3) is 0 Å². The van der Waals surface area contributed by atoms with E-state index in [-0.39, 0.29) is 17.9 Å². The van der Waals surface area contributed by atoms with E-state index in [1.54, 1.807) is 6.92 Å². The zero-order valence-electron chi connectivity index (χ0n) is 16.7. The maximum Gasteiger partial charge on any atom is 0.335 e.